The number of ether oxygens (including phenoxy) is 1. The lowest BCUT2D eigenvalue weighted by atomic mass is 9.73. The Morgan fingerprint density at radius 2 is 2.00 bits per heavy atom. The summed E-state index contributed by atoms with van der Waals surface area (Å²) >= 11 is 0. The molecule has 0 unspecified atom stereocenters. The number of hydrogen-bond acceptors (Lipinski definition) is 8. The lowest BCUT2D eigenvalue weighted by molar-refractivity contribution is -0.195. The number of carbonyl (C=O) groups is 1. The number of aromatic nitrogens is 3. The van der Waals surface area contributed by atoms with E-state index >= 15 is 0 Å². The van der Waals surface area contributed by atoms with Crippen LogP contribution in [0.25, 0.3) is 0 Å². The molecule has 156 valence electrons. The second-order valence-corrected chi connectivity index (χ2v) is 8.21. The number of carbonyl (C=O) groups excluding carboxylic acids is 1. The maximum absolute atomic E-state index is 12.6. The van der Waals surface area contributed by atoms with Gasteiger partial charge in [-0.2, -0.15) is 5.10 Å². The smallest absolute Gasteiger partial charge is 0.273 e. The van der Waals surface area contributed by atoms with E-state index in [1.165, 1.54) is 6.26 Å². The number of piperidine rings is 1. The zero-order chi connectivity index (χ0) is 20.6. The molecule has 0 bridgehead atoms. The molecule has 9 heteroatoms. The van der Waals surface area contributed by atoms with Crippen LogP contribution in [-0.4, -0.2) is 63.1 Å². The summed E-state index contributed by atoms with van der Waals surface area (Å²) in [5.41, 5.74) is -0.422. The van der Waals surface area contributed by atoms with Gasteiger partial charge in [0.2, 0.25) is 0 Å². The summed E-state index contributed by atoms with van der Waals surface area (Å²) in [6.07, 6.45) is 2.28. The molecule has 9 nitrogen and oxygen atoms in total. The van der Waals surface area contributed by atoms with Crippen LogP contribution >= 0.6 is 0 Å². The van der Waals surface area contributed by atoms with Crippen molar-refractivity contribution in [2.24, 2.45) is 0 Å². The SMILES string of the molecule is Cc1ccc(N2CCC3(CC2)OCC[C@](C)(NC(=O)c2coc(C)n2)[C@H]3O)nn1. The molecular formula is C20H27N5O4. The molecule has 0 radical (unpaired) electrons. The van der Waals surface area contributed by atoms with Crippen LogP contribution in [0.15, 0.2) is 22.8 Å². The summed E-state index contributed by atoms with van der Waals surface area (Å²) in [5.74, 6) is 0.900. The van der Waals surface area contributed by atoms with Gasteiger partial charge in [0, 0.05) is 26.6 Å². The number of oxazole rings is 1. The van der Waals surface area contributed by atoms with Crippen molar-refractivity contribution < 1.29 is 19.1 Å². The first-order valence-electron chi connectivity index (χ1n) is 9.93. The van der Waals surface area contributed by atoms with Crippen molar-refractivity contribution in [3.63, 3.8) is 0 Å². The van der Waals surface area contributed by atoms with E-state index in [1.807, 2.05) is 26.0 Å². The Kier molecular flexibility index (Phi) is 5.04. The van der Waals surface area contributed by atoms with Crippen molar-refractivity contribution in [1.82, 2.24) is 20.5 Å². The maximum atomic E-state index is 12.6. The number of hydrogen-bond donors (Lipinski definition) is 2. The molecule has 0 aromatic carbocycles. The Labute approximate surface area is 169 Å². The molecule has 2 aliphatic rings. The molecule has 2 aromatic heterocycles. The molecule has 29 heavy (non-hydrogen) atoms. The van der Waals surface area contributed by atoms with Gasteiger partial charge in [-0.05, 0) is 45.2 Å². The van der Waals surface area contributed by atoms with Gasteiger partial charge in [-0.3, -0.25) is 4.79 Å². The highest BCUT2D eigenvalue weighted by atomic mass is 16.5. The van der Waals surface area contributed by atoms with E-state index < -0.39 is 17.2 Å². The van der Waals surface area contributed by atoms with Gasteiger partial charge >= 0.3 is 0 Å². The van der Waals surface area contributed by atoms with Gasteiger partial charge in [-0.1, -0.05) is 0 Å². The van der Waals surface area contributed by atoms with E-state index in [4.69, 9.17) is 9.15 Å². The number of amides is 1. The minimum Gasteiger partial charge on any atom is -0.448 e. The molecule has 4 heterocycles. The normalized spacial score (nSPS) is 26.5. The maximum Gasteiger partial charge on any atom is 0.273 e. The highest BCUT2D eigenvalue weighted by molar-refractivity contribution is 5.92. The lowest BCUT2D eigenvalue weighted by Crippen LogP contribution is -2.69. The van der Waals surface area contributed by atoms with Crippen LogP contribution in [0, 0.1) is 13.8 Å². The van der Waals surface area contributed by atoms with E-state index in [0.717, 1.165) is 11.5 Å². The molecular weight excluding hydrogens is 374 g/mol. The van der Waals surface area contributed by atoms with E-state index in [9.17, 15) is 9.90 Å². The van der Waals surface area contributed by atoms with Gasteiger partial charge in [0.25, 0.3) is 5.91 Å². The summed E-state index contributed by atoms with van der Waals surface area (Å²) in [5, 5.41) is 22.6. The van der Waals surface area contributed by atoms with Gasteiger partial charge in [0.1, 0.15) is 12.4 Å². The third-order valence-electron chi connectivity index (χ3n) is 6.08. The number of anilines is 1. The fourth-order valence-electron chi connectivity index (χ4n) is 4.28. The Hall–Kier alpha value is -2.52. The molecule has 2 aliphatic heterocycles. The van der Waals surface area contributed by atoms with Crippen LogP contribution in [0.2, 0.25) is 0 Å². The molecule has 2 aromatic rings. The largest absolute Gasteiger partial charge is 0.448 e. The Morgan fingerprint density at radius 1 is 1.24 bits per heavy atom. The Morgan fingerprint density at radius 3 is 2.62 bits per heavy atom. The molecule has 2 atom stereocenters. The van der Waals surface area contributed by atoms with E-state index in [0.29, 0.717) is 44.8 Å². The predicted molar refractivity (Wildman–Crippen MR) is 105 cm³/mol. The lowest BCUT2D eigenvalue weighted by Gasteiger charge is -2.53. The highest BCUT2D eigenvalue weighted by Crippen LogP contribution is 2.40. The third kappa shape index (κ3) is 3.72. The highest BCUT2D eigenvalue weighted by Gasteiger charge is 2.54. The summed E-state index contributed by atoms with van der Waals surface area (Å²) in [6, 6.07) is 3.90. The summed E-state index contributed by atoms with van der Waals surface area (Å²) in [6.45, 7) is 7.32. The average molecular weight is 401 g/mol. The minimum absolute atomic E-state index is 0.212. The number of aryl methyl sites for hydroxylation is 2. The number of rotatable bonds is 3. The van der Waals surface area contributed by atoms with E-state index in [2.05, 4.69) is 25.4 Å². The topological polar surface area (TPSA) is 114 Å². The molecule has 4 rings (SSSR count). The molecule has 1 amide bonds. The van der Waals surface area contributed by atoms with Crippen LogP contribution in [-0.2, 0) is 4.74 Å². The molecule has 1 spiro atoms. The van der Waals surface area contributed by atoms with E-state index in [-0.39, 0.29) is 11.6 Å². The zero-order valence-corrected chi connectivity index (χ0v) is 17.0. The van der Waals surface area contributed by atoms with Gasteiger partial charge < -0.3 is 24.5 Å². The van der Waals surface area contributed by atoms with Gasteiger partial charge in [-0.25, -0.2) is 4.98 Å². The minimum atomic E-state index is -0.841. The van der Waals surface area contributed by atoms with Gasteiger partial charge in [0.15, 0.2) is 17.4 Å². The Balaban J connectivity index is 1.46. The molecule has 0 saturated carbocycles. The fourth-order valence-corrected chi connectivity index (χ4v) is 4.28. The first kappa shape index (κ1) is 19.8. The number of aliphatic hydroxyl groups is 1. The molecule has 2 N–H and O–H groups in total. The summed E-state index contributed by atoms with van der Waals surface area (Å²) < 4.78 is 11.2. The van der Waals surface area contributed by atoms with E-state index in [1.54, 1.807) is 6.92 Å². The van der Waals surface area contributed by atoms with Crippen molar-refractivity contribution in [2.75, 3.05) is 24.6 Å². The summed E-state index contributed by atoms with van der Waals surface area (Å²) in [4.78, 5) is 18.8. The second-order valence-electron chi connectivity index (χ2n) is 8.21. The van der Waals surface area contributed by atoms with Gasteiger partial charge in [-0.15, -0.1) is 5.10 Å². The number of nitrogens with zero attached hydrogens (tertiary/aromatic N) is 4. The van der Waals surface area contributed by atoms with Crippen molar-refractivity contribution in [2.45, 2.75) is 57.3 Å². The number of aliphatic hydroxyl groups excluding tert-OH is 1. The van der Waals surface area contributed by atoms with Crippen LogP contribution in [0.4, 0.5) is 5.82 Å². The quantitative estimate of drug-likeness (QED) is 0.793. The first-order chi connectivity index (χ1) is 13.8. The van der Waals surface area contributed by atoms with Crippen LogP contribution in [0.3, 0.4) is 0 Å². The third-order valence-corrected chi connectivity index (χ3v) is 6.08. The predicted octanol–water partition coefficient (Wildman–Crippen LogP) is 1.39. The van der Waals surface area contributed by atoms with Crippen molar-refractivity contribution in [1.29, 1.82) is 0 Å². The van der Waals surface area contributed by atoms with Crippen molar-refractivity contribution in [3.05, 3.63) is 35.7 Å². The summed E-state index contributed by atoms with van der Waals surface area (Å²) in [7, 11) is 0. The van der Waals surface area contributed by atoms with Crippen molar-refractivity contribution >= 4 is 11.7 Å². The monoisotopic (exact) mass is 401 g/mol. The molecule has 0 aliphatic carbocycles. The average Bonchev–Trinajstić information content (AvgIpc) is 3.14. The molecule has 2 saturated heterocycles. The standard InChI is InChI=1S/C20H27N5O4/c1-13-4-5-16(24-23-13)25-9-6-20(7-10-25)18(27)19(3,8-11-29-20)22-17(26)15-12-28-14(2)21-15/h4-5,12,18,27H,6-11H2,1-3H3,(H,22,26)/t18-,19+/m1/s1. The molecule has 2 fully saturated rings. The van der Waals surface area contributed by atoms with Crippen molar-refractivity contribution in [3.8, 4) is 0 Å². The van der Waals surface area contributed by atoms with Gasteiger partial charge in [0.05, 0.1) is 16.8 Å². The second kappa shape index (κ2) is 7.38. The fraction of sp³-hybridized carbons (Fsp3) is 0.600. The van der Waals surface area contributed by atoms with Crippen LogP contribution < -0.4 is 10.2 Å². The zero-order valence-electron chi connectivity index (χ0n) is 17.0. The Bertz CT molecular complexity index is 875. The first-order valence-corrected chi connectivity index (χ1v) is 9.93. The van der Waals surface area contributed by atoms with Crippen LogP contribution in [0.5, 0.6) is 0 Å². The number of nitrogens with one attached hydrogen (secondary N) is 1. The van der Waals surface area contributed by atoms with Crippen LogP contribution in [0.1, 0.15) is 48.3 Å².